The molecule has 4 atom stereocenters. The van der Waals surface area contributed by atoms with Crippen LogP contribution in [0.3, 0.4) is 0 Å². The van der Waals surface area contributed by atoms with Crippen molar-refractivity contribution < 1.29 is 18.2 Å². The number of ether oxygens (including phenoxy) is 1. The molecule has 0 aromatic carbocycles. The topological polar surface area (TPSA) is 35.3 Å². The van der Waals surface area contributed by atoms with Gasteiger partial charge in [-0.1, -0.05) is 12.8 Å². The van der Waals surface area contributed by atoms with Gasteiger partial charge in [-0.15, -0.1) is 6.42 Å². The second kappa shape index (κ2) is 12.7. The van der Waals surface area contributed by atoms with Gasteiger partial charge >= 0.3 is 0 Å². The Bertz CT molecular complexity index is 474. The van der Waals surface area contributed by atoms with E-state index in [4.69, 9.17) is 34.6 Å². The van der Waals surface area contributed by atoms with E-state index in [1.807, 2.05) is 34.6 Å². The molecule has 2 radical (unpaired) electrons. The van der Waals surface area contributed by atoms with Gasteiger partial charge in [0.05, 0.1) is 6.61 Å². The zero-order chi connectivity index (χ0) is 20.3. The molecule has 8 heteroatoms. The summed E-state index contributed by atoms with van der Waals surface area (Å²) in [5.41, 5.74) is -1.14. The molecule has 0 bridgehead atoms. The molecule has 2 unspecified atom stereocenters. The Kier molecular flexibility index (Phi) is 12.3. The molecule has 0 aromatic heterocycles. The number of halogens is 1. The van der Waals surface area contributed by atoms with E-state index in [1.54, 1.807) is 0 Å². The maximum Gasteiger partial charge on any atom is 0.259 e. The maximum atomic E-state index is 13.4. The van der Waals surface area contributed by atoms with Crippen molar-refractivity contribution in [3.63, 3.8) is 0 Å². The SMILES string of the molecule is [B]C(O[C@](C#C)(CC)COP(OCC[N+]#[C-])N(C(C)C)C(C)C)[C@@H](C)F. The minimum atomic E-state index is -1.45. The summed E-state index contributed by atoms with van der Waals surface area (Å²) in [6, 6.07) is -0.787. The van der Waals surface area contributed by atoms with Gasteiger partial charge in [0.25, 0.3) is 8.53 Å². The minimum Gasteiger partial charge on any atom is -0.364 e. The zero-order valence-corrected chi connectivity index (χ0v) is 17.6. The Morgan fingerprint density at radius 3 is 2.23 bits per heavy atom. The van der Waals surface area contributed by atoms with Crippen LogP contribution in [0.15, 0.2) is 0 Å². The summed E-state index contributed by atoms with van der Waals surface area (Å²) in [5, 5.41) is 0. The fourth-order valence-corrected chi connectivity index (χ4v) is 3.87. The number of nitrogens with zero attached hydrogens (tertiary/aromatic N) is 2. The largest absolute Gasteiger partial charge is 0.364 e. The van der Waals surface area contributed by atoms with Crippen molar-refractivity contribution in [1.29, 1.82) is 0 Å². The highest BCUT2D eigenvalue weighted by atomic mass is 31.2. The van der Waals surface area contributed by atoms with E-state index in [-0.39, 0.29) is 31.8 Å². The first kappa shape index (κ1) is 25.3. The van der Waals surface area contributed by atoms with Gasteiger partial charge in [-0.2, -0.15) is 0 Å². The molecule has 0 aliphatic carbocycles. The van der Waals surface area contributed by atoms with Crippen molar-refractivity contribution in [2.45, 2.75) is 77.8 Å². The molecule has 0 fully saturated rings. The van der Waals surface area contributed by atoms with E-state index >= 15 is 0 Å². The van der Waals surface area contributed by atoms with Gasteiger partial charge in [0.2, 0.25) is 6.54 Å². The van der Waals surface area contributed by atoms with Gasteiger partial charge in [-0.3, -0.25) is 0 Å². The number of alkyl halides is 1. The van der Waals surface area contributed by atoms with Gasteiger partial charge in [0, 0.05) is 18.1 Å². The van der Waals surface area contributed by atoms with Gasteiger partial charge in [-0.05, 0) is 41.0 Å². The van der Waals surface area contributed by atoms with Crippen LogP contribution in [-0.4, -0.2) is 62.1 Å². The van der Waals surface area contributed by atoms with Crippen molar-refractivity contribution >= 4 is 16.4 Å². The molecule has 0 N–H and O–H groups in total. The summed E-state index contributed by atoms with van der Waals surface area (Å²) >= 11 is 0. The summed E-state index contributed by atoms with van der Waals surface area (Å²) in [6.07, 6.45) is 4.71. The molecule has 5 nitrogen and oxygen atoms in total. The van der Waals surface area contributed by atoms with E-state index in [0.29, 0.717) is 6.42 Å². The van der Waals surface area contributed by atoms with Crippen LogP contribution in [-0.2, 0) is 13.8 Å². The van der Waals surface area contributed by atoms with Crippen molar-refractivity contribution in [2.75, 3.05) is 19.8 Å². The van der Waals surface area contributed by atoms with Gasteiger partial charge in [0.1, 0.15) is 20.6 Å². The fraction of sp³-hybridized carbons (Fsp3) is 0.833. The Hall–Kier alpha value is -0.685. The van der Waals surface area contributed by atoms with E-state index in [2.05, 4.69) is 15.4 Å². The molecule has 0 aromatic rings. The molecular weight excluding hydrogens is 353 g/mol. The summed E-state index contributed by atoms with van der Waals surface area (Å²) in [6.45, 7) is 18.8. The number of terminal acetylenes is 1. The standard InChI is InChI=1S/C18H31BFN2O3P/c1-9-18(10-2,25-17(19)16(7)20)13-24-26(23-12-11-21-8)22(14(3)4)15(5)6/h1,14-17H,10-13H2,2-7H3/t16-,17?,18-,26?/m1/s1. The minimum absolute atomic E-state index is 0.0279. The summed E-state index contributed by atoms with van der Waals surface area (Å²) in [5.74, 6) is 2.56. The lowest BCUT2D eigenvalue weighted by molar-refractivity contribution is -0.0723. The number of rotatable bonds is 13. The van der Waals surface area contributed by atoms with Gasteiger partial charge in [-0.25, -0.2) is 15.6 Å². The Morgan fingerprint density at radius 1 is 1.27 bits per heavy atom. The molecule has 146 valence electrons. The van der Waals surface area contributed by atoms with Crippen LogP contribution in [0.5, 0.6) is 0 Å². The van der Waals surface area contributed by atoms with Crippen LogP contribution >= 0.6 is 8.53 Å². The van der Waals surface area contributed by atoms with E-state index in [0.717, 1.165) is 0 Å². The van der Waals surface area contributed by atoms with Crippen molar-refractivity contribution in [3.05, 3.63) is 11.4 Å². The first-order valence-corrected chi connectivity index (χ1v) is 9.99. The van der Waals surface area contributed by atoms with Crippen molar-refractivity contribution in [1.82, 2.24) is 4.67 Å². The fourth-order valence-electron chi connectivity index (χ4n) is 2.22. The highest BCUT2D eigenvalue weighted by molar-refractivity contribution is 7.44. The molecule has 0 saturated heterocycles. The van der Waals surface area contributed by atoms with E-state index in [9.17, 15) is 4.39 Å². The lowest BCUT2D eigenvalue weighted by Crippen LogP contribution is -2.43. The molecule has 0 amide bonds. The first-order valence-electron chi connectivity index (χ1n) is 8.86. The summed E-state index contributed by atoms with van der Waals surface area (Å²) in [7, 11) is 4.25. The molecule has 0 aliphatic rings. The van der Waals surface area contributed by atoms with Crippen LogP contribution in [0.25, 0.3) is 4.85 Å². The highest BCUT2D eigenvalue weighted by Gasteiger charge is 2.35. The molecule has 0 spiro atoms. The molecule has 0 aliphatic heterocycles. The highest BCUT2D eigenvalue weighted by Crippen LogP contribution is 2.46. The first-order chi connectivity index (χ1) is 12.1. The van der Waals surface area contributed by atoms with Crippen molar-refractivity contribution in [2.24, 2.45) is 0 Å². The van der Waals surface area contributed by atoms with Crippen LogP contribution in [0.4, 0.5) is 4.39 Å². The van der Waals surface area contributed by atoms with E-state index in [1.165, 1.54) is 6.92 Å². The number of hydrogen-bond donors (Lipinski definition) is 0. The quantitative estimate of drug-likeness (QED) is 0.158. The monoisotopic (exact) mass is 384 g/mol. The van der Waals surface area contributed by atoms with Crippen LogP contribution < -0.4 is 0 Å². The summed E-state index contributed by atoms with van der Waals surface area (Å²) < 4.78 is 33.0. The predicted octanol–water partition coefficient (Wildman–Crippen LogP) is 3.94. The zero-order valence-electron chi connectivity index (χ0n) is 16.7. The maximum absolute atomic E-state index is 13.4. The molecule has 0 saturated carbocycles. The van der Waals surface area contributed by atoms with Crippen LogP contribution in [0.1, 0.15) is 48.0 Å². The van der Waals surface area contributed by atoms with Crippen LogP contribution in [0.2, 0.25) is 0 Å². The number of hydrogen-bond acceptors (Lipinski definition) is 4. The third kappa shape index (κ3) is 8.34. The second-order valence-corrected chi connectivity index (χ2v) is 8.00. The smallest absolute Gasteiger partial charge is 0.259 e. The van der Waals surface area contributed by atoms with Crippen molar-refractivity contribution in [3.8, 4) is 12.3 Å². The Balaban J connectivity index is 5.27. The predicted molar refractivity (Wildman–Crippen MR) is 105 cm³/mol. The normalized spacial score (nSPS) is 17.5. The molecule has 0 rings (SSSR count). The molecule has 26 heavy (non-hydrogen) atoms. The lowest BCUT2D eigenvalue weighted by Gasteiger charge is -2.38. The average molecular weight is 384 g/mol. The lowest BCUT2D eigenvalue weighted by atomic mass is 9.93. The molecular formula is C18H31BFN2O3P. The Labute approximate surface area is 161 Å². The third-order valence-electron chi connectivity index (χ3n) is 3.71. The van der Waals surface area contributed by atoms with Gasteiger partial charge < -0.3 is 18.6 Å². The molecule has 0 heterocycles. The summed E-state index contributed by atoms with van der Waals surface area (Å²) in [4.78, 5) is 3.30. The Morgan fingerprint density at radius 2 is 1.85 bits per heavy atom. The second-order valence-electron chi connectivity index (χ2n) is 6.55. The third-order valence-corrected chi connectivity index (χ3v) is 5.76. The average Bonchev–Trinajstić information content (AvgIpc) is 2.57. The van der Waals surface area contributed by atoms with Crippen LogP contribution in [0, 0.1) is 18.9 Å². The van der Waals surface area contributed by atoms with E-state index < -0.39 is 26.3 Å². The van der Waals surface area contributed by atoms with Gasteiger partial charge in [0.15, 0.2) is 5.60 Å².